The van der Waals surface area contributed by atoms with Gasteiger partial charge >= 0.3 is 5.95 Å². The molecule has 108 valence electrons. The number of H-pyrrole nitrogens is 1. The number of hydrogen-bond acceptors (Lipinski definition) is 5. The minimum Gasteiger partial charge on any atom is -0.333 e. The number of aromatic nitrogens is 4. The second-order valence-electron chi connectivity index (χ2n) is 4.36. The zero-order valence-electron chi connectivity index (χ0n) is 10.9. The van der Waals surface area contributed by atoms with E-state index in [1.807, 2.05) is 0 Å². The maximum absolute atomic E-state index is 5.99. The lowest BCUT2D eigenvalue weighted by Gasteiger charge is -2.00. The van der Waals surface area contributed by atoms with Gasteiger partial charge in [0, 0.05) is 14.9 Å². The Labute approximate surface area is 134 Å². The molecule has 1 aromatic carbocycles. The molecule has 2 aromatic heterocycles. The third-order valence-corrected chi connectivity index (χ3v) is 4.19. The number of halogens is 2. The first-order valence-corrected chi connectivity index (χ1v) is 7.46. The van der Waals surface area contributed by atoms with Gasteiger partial charge in [0.05, 0.1) is 7.05 Å². The molecule has 0 aliphatic carbocycles. The van der Waals surface area contributed by atoms with Crippen molar-refractivity contribution < 1.29 is 4.57 Å². The molecular weight excluding hydrogens is 331 g/mol. The summed E-state index contributed by atoms with van der Waals surface area (Å²) in [6.07, 6.45) is 0. The third-order valence-electron chi connectivity index (χ3n) is 2.90. The van der Waals surface area contributed by atoms with Crippen molar-refractivity contribution in [1.29, 1.82) is 0 Å². The molecule has 0 unspecified atom stereocenters. The van der Waals surface area contributed by atoms with Crippen LogP contribution in [0.3, 0.4) is 0 Å². The molecule has 0 saturated carbocycles. The van der Waals surface area contributed by atoms with E-state index >= 15 is 0 Å². The first-order chi connectivity index (χ1) is 9.94. The van der Waals surface area contributed by atoms with E-state index in [1.165, 1.54) is 11.8 Å². The lowest BCUT2D eigenvalue weighted by Crippen LogP contribution is -2.37. The molecule has 0 radical (unpaired) electrons. The van der Waals surface area contributed by atoms with Gasteiger partial charge in [-0.15, -0.1) is 0 Å². The van der Waals surface area contributed by atoms with Gasteiger partial charge in [-0.25, -0.2) is 4.57 Å². The van der Waals surface area contributed by atoms with E-state index in [-0.39, 0.29) is 0 Å². The molecule has 0 amide bonds. The number of rotatable bonds is 2. The topological polar surface area (TPSA) is 97.5 Å². The van der Waals surface area contributed by atoms with Crippen molar-refractivity contribution >= 4 is 57.9 Å². The van der Waals surface area contributed by atoms with Crippen LogP contribution in [-0.2, 0) is 7.05 Å². The first-order valence-electron chi connectivity index (χ1n) is 5.88. The number of nitrogens with zero attached hydrogens (tertiary/aromatic N) is 3. The van der Waals surface area contributed by atoms with Crippen molar-refractivity contribution in [3.05, 3.63) is 28.2 Å². The van der Waals surface area contributed by atoms with Gasteiger partial charge in [0.1, 0.15) is 0 Å². The summed E-state index contributed by atoms with van der Waals surface area (Å²) in [6.45, 7) is 0. The van der Waals surface area contributed by atoms with Gasteiger partial charge in [-0.2, -0.15) is 4.98 Å². The quantitative estimate of drug-likeness (QED) is 0.622. The second kappa shape index (κ2) is 5.25. The Morgan fingerprint density at radius 3 is 2.48 bits per heavy atom. The van der Waals surface area contributed by atoms with Crippen LogP contribution in [0.25, 0.3) is 11.2 Å². The molecule has 0 aliphatic rings. The molecule has 0 fully saturated rings. The molecule has 2 heterocycles. The minimum absolute atomic E-state index is 0.300. The summed E-state index contributed by atoms with van der Waals surface area (Å²) in [6, 6.07) is 5.28. The average Bonchev–Trinajstić information content (AvgIpc) is 2.77. The monoisotopic (exact) mass is 341 g/mol. The van der Waals surface area contributed by atoms with Gasteiger partial charge in [-0.1, -0.05) is 39.9 Å². The van der Waals surface area contributed by atoms with E-state index in [1.54, 1.807) is 29.8 Å². The van der Waals surface area contributed by atoms with Gasteiger partial charge in [-0.05, 0) is 18.2 Å². The number of nitrogens with one attached hydrogen (secondary N) is 1. The lowest BCUT2D eigenvalue weighted by molar-refractivity contribution is -0.643. The van der Waals surface area contributed by atoms with Gasteiger partial charge in [0.2, 0.25) is 11.5 Å². The maximum atomic E-state index is 5.99. The highest BCUT2D eigenvalue weighted by Crippen LogP contribution is 2.31. The first kappa shape index (κ1) is 14.2. The fraction of sp³-hybridized carbons (Fsp3) is 0.0833. The summed E-state index contributed by atoms with van der Waals surface area (Å²) in [4.78, 5) is 12.5. The third kappa shape index (κ3) is 2.72. The average molecular weight is 342 g/mol. The molecule has 3 aromatic rings. The van der Waals surface area contributed by atoms with Crippen LogP contribution in [0.2, 0.25) is 10.0 Å². The van der Waals surface area contributed by atoms with E-state index in [9.17, 15) is 0 Å². The summed E-state index contributed by atoms with van der Waals surface area (Å²) in [5.74, 6) is 0.773. The molecule has 5 N–H and O–H groups in total. The molecule has 0 saturated heterocycles. The van der Waals surface area contributed by atoms with Crippen LogP contribution in [-0.4, -0.2) is 15.0 Å². The number of aromatic amines is 1. The highest BCUT2D eigenvalue weighted by molar-refractivity contribution is 7.99. The molecule has 0 atom stereocenters. The predicted molar refractivity (Wildman–Crippen MR) is 84.5 cm³/mol. The van der Waals surface area contributed by atoms with E-state index in [0.29, 0.717) is 38.1 Å². The van der Waals surface area contributed by atoms with Gasteiger partial charge in [0.25, 0.3) is 0 Å². The maximum Gasteiger partial charge on any atom is 0.346 e. The molecule has 6 nitrogen and oxygen atoms in total. The van der Waals surface area contributed by atoms with Crippen LogP contribution in [0.5, 0.6) is 0 Å². The number of nitrogens with two attached hydrogens (primary N) is 2. The Balaban J connectivity index is 2.03. The van der Waals surface area contributed by atoms with Gasteiger partial charge < -0.3 is 16.5 Å². The van der Waals surface area contributed by atoms with E-state index in [2.05, 4.69) is 15.0 Å². The number of nitrogen functional groups attached to an aromatic ring is 2. The van der Waals surface area contributed by atoms with Crippen molar-refractivity contribution in [2.75, 3.05) is 11.5 Å². The van der Waals surface area contributed by atoms with Crippen LogP contribution in [0.4, 0.5) is 11.8 Å². The smallest absolute Gasteiger partial charge is 0.333 e. The van der Waals surface area contributed by atoms with Gasteiger partial charge in [0.15, 0.2) is 10.7 Å². The SMILES string of the molecule is C[n+]1c(N)nc2nc(Sc3cc(Cl)cc(Cl)c3)[nH]c2c1N. The van der Waals surface area contributed by atoms with E-state index in [4.69, 9.17) is 34.7 Å². The highest BCUT2D eigenvalue weighted by Gasteiger charge is 2.17. The van der Waals surface area contributed by atoms with Crippen LogP contribution >= 0.6 is 35.0 Å². The highest BCUT2D eigenvalue weighted by atomic mass is 35.5. The van der Waals surface area contributed by atoms with Crippen molar-refractivity contribution in [2.24, 2.45) is 7.05 Å². The Kier molecular flexibility index (Phi) is 3.56. The van der Waals surface area contributed by atoms with Crippen LogP contribution in [0.1, 0.15) is 0 Å². The minimum atomic E-state index is 0.300. The van der Waals surface area contributed by atoms with Crippen LogP contribution in [0, 0.1) is 0 Å². The second-order valence-corrected chi connectivity index (χ2v) is 6.30. The summed E-state index contributed by atoms with van der Waals surface area (Å²) in [7, 11) is 1.74. The normalized spacial score (nSPS) is 11.2. The van der Waals surface area contributed by atoms with Crippen molar-refractivity contribution in [2.45, 2.75) is 10.1 Å². The van der Waals surface area contributed by atoms with Crippen molar-refractivity contribution in [3.63, 3.8) is 0 Å². The molecule has 3 rings (SSSR count). The number of fused-ring (bicyclic) bond motifs is 1. The number of benzene rings is 1. The number of hydrogen-bond donors (Lipinski definition) is 3. The summed E-state index contributed by atoms with van der Waals surface area (Å²) in [5.41, 5.74) is 12.9. The molecule has 0 bridgehead atoms. The molecule has 0 spiro atoms. The summed E-state index contributed by atoms with van der Waals surface area (Å²) >= 11 is 13.3. The van der Waals surface area contributed by atoms with Gasteiger partial charge in [-0.3, -0.25) is 0 Å². The molecule has 21 heavy (non-hydrogen) atoms. The lowest BCUT2D eigenvalue weighted by atomic mass is 10.4. The van der Waals surface area contributed by atoms with E-state index in [0.717, 1.165) is 4.90 Å². The molecule has 9 heteroatoms. The van der Waals surface area contributed by atoms with Crippen molar-refractivity contribution in [1.82, 2.24) is 15.0 Å². The number of imidazole rings is 1. The fourth-order valence-corrected chi connectivity index (χ4v) is 3.36. The van der Waals surface area contributed by atoms with Crippen LogP contribution in [0.15, 0.2) is 28.3 Å². The Morgan fingerprint density at radius 2 is 1.81 bits per heavy atom. The van der Waals surface area contributed by atoms with E-state index < -0.39 is 0 Å². The zero-order valence-corrected chi connectivity index (χ0v) is 13.2. The molecule has 0 aliphatic heterocycles. The Morgan fingerprint density at radius 1 is 1.14 bits per heavy atom. The fourth-order valence-electron chi connectivity index (χ4n) is 1.82. The zero-order chi connectivity index (χ0) is 15.1. The predicted octanol–water partition coefficient (Wildman–Crippen LogP) is 2.40. The van der Waals surface area contributed by atoms with Crippen molar-refractivity contribution in [3.8, 4) is 0 Å². The largest absolute Gasteiger partial charge is 0.346 e. The molecular formula is C12H11Cl2N6S+. The Hall–Kier alpha value is -1.70. The summed E-state index contributed by atoms with van der Waals surface area (Å²) < 4.78 is 1.59. The standard InChI is InChI=1S/C12H10Cl2N6S/c1-20-9(15)8-10(18-11(20)16)19-12(17-8)21-7-3-5(13)2-6(14)4-7/h2-4H,1H3,(H4,15,16,17,18,19)/p+1. The van der Waals surface area contributed by atoms with Crippen LogP contribution < -0.4 is 16.0 Å². The number of anilines is 2. The Bertz CT molecular complexity index is 827. The summed E-state index contributed by atoms with van der Waals surface area (Å²) in [5, 5.41) is 1.76.